The average molecular weight is 398 g/mol. The molecule has 2 fully saturated rings. The van der Waals surface area contributed by atoms with Gasteiger partial charge in [-0.05, 0) is 63.9 Å². The van der Waals surface area contributed by atoms with Crippen LogP contribution in [0.4, 0.5) is 5.69 Å². The van der Waals surface area contributed by atoms with Crippen LogP contribution in [0.15, 0.2) is 18.2 Å². The minimum Gasteiger partial charge on any atom is -0.342 e. The van der Waals surface area contributed by atoms with Crippen molar-refractivity contribution in [1.82, 2.24) is 9.80 Å². The highest BCUT2D eigenvalue weighted by molar-refractivity contribution is 6.36. The maximum atomic E-state index is 12.6. The van der Waals surface area contributed by atoms with Crippen LogP contribution in [0.2, 0.25) is 10.0 Å². The molecule has 2 aliphatic heterocycles. The number of anilines is 1. The smallest absolute Gasteiger partial charge is 0.241 e. The van der Waals surface area contributed by atoms with Gasteiger partial charge in [-0.25, -0.2) is 0 Å². The van der Waals surface area contributed by atoms with Crippen molar-refractivity contribution < 1.29 is 9.59 Å². The lowest BCUT2D eigenvalue weighted by molar-refractivity contribution is -0.136. The van der Waals surface area contributed by atoms with Crippen molar-refractivity contribution in [3.05, 3.63) is 28.2 Å². The second kappa shape index (κ2) is 8.59. The quantitative estimate of drug-likeness (QED) is 0.843. The molecule has 0 radical (unpaired) electrons. The van der Waals surface area contributed by atoms with Gasteiger partial charge in [0.25, 0.3) is 0 Å². The topological polar surface area (TPSA) is 52.7 Å². The van der Waals surface area contributed by atoms with Gasteiger partial charge >= 0.3 is 0 Å². The van der Waals surface area contributed by atoms with E-state index in [1.807, 2.05) is 11.8 Å². The summed E-state index contributed by atoms with van der Waals surface area (Å²) in [6.07, 6.45) is 3.87. The van der Waals surface area contributed by atoms with Gasteiger partial charge in [0.15, 0.2) is 0 Å². The van der Waals surface area contributed by atoms with Gasteiger partial charge in [0, 0.05) is 24.0 Å². The normalized spacial score (nSPS) is 20.2. The second-order valence-electron chi connectivity index (χ2n) is 7.13. The minimum atomic E-state index is -0.274. The van der Waals surface area contributed by atoms with Gasteiger partial charge < -0.3 is 10.2 Å². The molecule has 0 spiro atoms. The number of likely N-dealkylation sites (tertiary alicyclic amines) is 2. The first kappa shape index (κ1) is 19.5. The minimum absolute atomic E-state index is 0.0986. The van der Waals surface area contributed by atoms with Crippen LogP contribution in [0.3, 0.4) is 0 Å². The van der Waals surface area contributed by atoms with E-state index in [0.29, 0.717) is 21.6 Å². The van der Waals surface area contributed by atoms with E-state index < -0.39 is 0 Å². The van der Waals surface area contributed by atoms with E-state index in [-0.39, 0.29) is 17.9 Å². The Kier molecular flexibility index (Phi) is 6.43. The molecule has 3 rings (SSSR count). The number of carbonyl (C=O) groups excluding carboxylic acids is 2. The number of benzene rings is 1. The van der Waals surface area contributed by atoms with E-state index in [2.05, 4.69) is 10.2 Å². The van der Waals surface area contributed by atoms with E-state index in [0.717, 1.165) is 51.9 Å². The van der Waals surface area contributed by atoms with Crippen molar-refractivity contribution in [2.45, 2.75) is 38.6 Å². The molecule has 26 heavy (non-hydrogen) atoms. The first-order valence-electron chi connectivity index (χ1n) is 9.24. The number of carbonyl (C=O) groups is 2. The van der Waals surface area contributed by atoms with Crippen LogP contribution in [0.25, 0.3) is 0 Å². The highest BCUT2D eigenvalue weighted by atomic mass is 35.5. The third-order valence-electron chi connectivity index (χ3n) is 5.41. The zero-order valence-corrected chi connectivity index (χ0v) is 16.5. The monoisotopic (exact) mass is 397 g/mol. The lowest BCUT2D eigenvalue weighted by atomic mass is 9.94. The van der Waals surface area contributed by atoms with Crippen molar-refractivity contribution in [2.24, 2.45) is 5.92 Å². The fraction of sp³-hybridized carbons (Fsp3) is 0.579. The molecule has 2 amide bonds. The Morgan fingerprint density at radius 1 is 1.12 bits per heavy atom. The highest BCUT2D eigenvalue weighted by Crippen LogP contribution is 2.27. The molecule has 2 heterocycles. The van der Waals surface area contributed by atoms with Crippen molar-refractivity contribution in [1.29, 1.82) is 0 Å². The van der Waals surface area contributed by atoms with Crippen molar-refractivity contribution in [2.75, 3.05) is 31.5 Å². The van der Waals surface area contributed by atoms with Gasteiger partial charge in [0.1, 0.15) is 0 Å². The number of rotatable bonds is 4. The van der Waals surface area contributed by atoms with Gasteiger partial charge in [-0.1, -0.05) is 23.2 Å². The molecule has 0 unspecified atom stereocenters. The van der Waals surface area contributed by atoms with Gasteiger partial charge in [-0.3, -0.25) is 14.5 Å². The maximum absolute atomic E-state index is 12.6. The predicted octanol–water partition coefficient (Wildman–Crippen LogP) is 3.65. The average Bonchev–Trinajstić information content (AvgIpc) is 3.17. The molecule has 0 aromatic heterocycles. The summed E-state index contributed by atoms with van der Waals surface area (Å²) in [6, 6.07) is 4.74. The van der Waals surface area contributed by atoms with Crippen LogP contribution < -0.4 is 5.32 Å². The van der Waals surface area contributed by atoms with Gasteiger partial charge in [-0.15, -0.1) is 0 Å². The Balaban J connectivity index is 1.51. The molecule has 0 saturated carbocycles. The lowest BCUT2D eigenvalue weighted by Crippen LogP contribution is -2.48. The molecule has 1 aromatic carbocycles. The van der Waals surface area contributed by atoms with Crippen molar-refractivity contribution in [3.8, 4) is 0 Å². The van der Waals surface area contributed by atoms with E-state index in [9.17, 15) is 9.59 Å². The Bertz CT molecular complexity index is 669. The maximum Gasteiger partial charge on any atom is 0.241 e. The Hall–Kier alpha value is -1.30. The van der Waals surface area contributed by atoms with Crippen LogP contribution in [0, 0.1) is 5.92 Å². The second-order valence-corrected chi connectivity index (χ2v) is 7.98. The van der Waals surface area contributed by atoms with Crippen molar-refractivity contribution >= 4 is 40.7 Å². The molecular weight excluding hydrogens is 373 g/mol. The fourth-order valence-corrected chi connectivity index (χ4v) is 4.18. The number of hydrogen-bond acceptors (Lipinski definition) is 3. The standard InChI is InChI=1S/C19H25Cl2N3O2/c1-13(18(25)22-17-5-4-15(20)12-16(17)21)23-10-6-14(7-11-23)19(26)24-8-2-3-9-24/h4-5,12-14H,2-3,6-11H2,1H3,(H,22,25)/t13-/m1/s1. The molecule has 142 valence electrons. The summed E-state index contributed by atoms with van der Waals surface area (Å²) in [4.78, 5) is 29.2. The zero-order chi connectivity index (χ0) is 18.7. The number of hydrogen-bond donors (Lipinski definition) is 1. The van der Waals surface area contributed by atoms with E-state index >= 15 is 0 Å². The SMILES string of the molecule is C[C@H](C(=O)Nc1ccc(Cl)cc1Cl)N1CCC(C(=O)N2CCCC2)CC1. The molecule has 2 saturated heterocycles. The molecular formula is C19H25Cl2N3O2. The molecule has 1 atom stereocenters. The summed E-state index contributed by atoms with van der Waals surface area (Å²) in [5.41, 5.74) is 0.562. The summed E-state index contributed by atoms with van der Waals surface area (Å²) in [5.74, 6) is 0.302. The zero-order valence-electron chi connectivity index (χ0n) is 15.0. The third-order valence-corrected chi connectivity index (χ3v) is 5.96. The first-order valence-corrected chi connectivity index (χ1v) is 10.00. The lowest BCUT2D eigenvalue weighted by Gasteiger charge is -2.36. The first-order chi connectivity index (χ1) is 12.5. The van der Waals surface area contributed by atoms with Gasteiger partial charge in [0.05, 0.1) is 16.8 Å². The number of halogens is 2. The van der Waals surface area contributed by atoms with Crippen LogP contribution in [-0.4, -0.2) is 53.8 Å². The van der Waals surface area contributed by atoms with Gasteiger partial charge in [0.2, 0.25) is 11.8 Å². The number of amides is 2. The Morgan fingerprint density at radius 2 is 1.77 bits per heavy atom. The number of nitrogens with zero attached hydrogens (tertiary/aromatic N) is 2. The van der Waals surface area contributed by atoms with Crippen LogP contribution in [0.5, 0.6) is 0 Å². The highest BCUT2D eigenvalue weighted by Gasteiger charge is 2.32. The van der Waals surface area contributed by atoms with Crippen LogP contribution in [0.1, 0.15) is 32.6 Å². The van der Waals surface area contributed by atoms with E-state index in [1.165, 1.54) is 0 Å². The molecule has 2 aliphatic rings. The number of nitrogens with one attached hydrogen (secondary N) is 1. The molecule has 7 heteroatoms. The fourth-order valence-electron chi connectivity index (χ4n) is 3.72. The largest absolute Gasteiger partial charge is 0.342 e. The summed E-state index contributed by atoms with van der Waals surface area (Å²) in [5, 5.41) is 3.82. The summed E-state index contributed by atoms with van der Waals surface area (Å²) >= 11 is 12.0. The van der Waals surface area contributed by atoms with Crippen LogP contribution in [-0.2, 0) is 9.59 Å². The third kappa shape index (κ3) is 4.51. The van der Waals surface area contributed by atoms with Crippen molar-refractivity contribution in [3.63, 3.8) is 0 Å². The van der Waals surface area contributed by atoms with E-state index in [4.69, 9.17) is 23.2 Å². The molecule has 1 N–H and O–H groups in total. The number of piperidine rings is 1. The molecule has 0 aliphatic carbocycles. The summed E-state index contributed by atoms with van der Waals surface area (Å²) in [7, 11) is 0. The molecule has 0 bridgehead atoms. The van der Waals surface area contributed by atoms with Gasteiger partial charge in [-0.2, -0.15) is 0 Å². The molecule has 5 nitrogen and oxygen atoms in total. The predicted molar refractivity (Wildman–Crippen MR) is 105 cm³/mol. The summed E-state index contributed by atoms with van der Waals surface area (Å²) < 4.78 is 0. The Labute approximate surface area is 164 Å². The van der Waals surface area contributed by atoms with Crippen LogP contribution >= 0.6 is 23.2 Å². The van der Waals surface area contributed by atoms with E-state index in [1.54, 1.807) is 18.2 Å². The molecule has 1 aromatic rings. The summed E-state index contributed by atoms with van der Waals surface area (Å²) in [6.45, 7) is 5.21. The Morgan fingerprint density at radius 3 is 2.38 bits per heavy atom.